The van der Waals surface area contributed by atoms with Crippen molar-refractivity contribution in [1.82, 2.24) is 0 Å². The number of alkyl halides is 3. The Morgan fingerprint density at radius 2 is 1.40 bits per heavy atom. The third-order valence-electron chi connectivity index (χ3n) is 3.61. The SMILES string of the molecule is Cc1c(C)[s+](-c2ccccc2)c2ccccc12.O=S(=O)([O-])C(F)(F)F. The van der Waals surface area contributed by atoms with Crippen molar-refractivity contribution in [3.63, 3.8) is 0 Å². The van der Waals surface area contributed by atoms with Gasteiger partial charge in [0, 0.05) is 28.3 Å². The summed E-state index contributed by atoms with van der Waals surface area (Å²) in [6.07, 6.45) is 0. The molecular formula is C17H15F3O3S2. The van der Waals surface area contributed by atoms with Gasteiger partial charge < -0.3 is 4.55 Å². The number of rotatable bonds is 1. The van der Waals surface area contributed by atoms with E-state index >= 15 is 0 Å². The fraction of sp³-hybridized carbons (Fsp3) is 0.176. The van der Waals surface area contributed by atoms with Crippen LogP contribution in [0.4, 0.5) is 13.2 Å². The Bertz CT molecular complexity index is 976. The van der Waals surface area contributed by atoms with Crippen LogP contribution in [0.25, 0.3) is 15.0 Å². The zero-order valence-corrected chi connectivity index (χ0v) is 15.0. The molecule has 0 fully saturated rings. The highest BCUT2D eigenvalue weighted by Crippen LogP contribution is 2.45. The second-order valence-corrected chi connectivity index (χ2v) is 8.70. The Morgan fingerprint density at radius 1 is 0.920 bits per heavy atom. The molecule has 0 aliphatic rings. The Labute approximate surface area is 146 Å². The molecule has 0 amide bonds. The molecule has 1 unspecified atom stereocenters. The second-order valence-electron chi connectivity index (χ2n) is 5.20. The molecule has 0 aliphatic carbocycles. The van der Waals surface area contributed by atoms with Crippen LogP contribution in [0.3, 0.4) is 0 Å². The lowest BCUT2D eigenvalue weighted by molar-refractivity contribution is -0.0517. The van der Waals surface area contributed by atoms with Crippen LogP contribution in [-0.4, -0.2) is 18.5 Å². The molecule has 134 valence electrons. The molecule has 3 nitrogen and oxygen atoms in total. The summed E-state index contributed by atoms with van der Waals surface area (Å²) in [4.78, 5) is 2.94. The summed E-state index contributed by atoms with van der Waals surface area (Å²) in [6.45, 7) is 4.51. The van der Waals surface area contributed by atoms with Crippen molar-refractivity contribution in [2.75, 3.05) is 0 Å². The van der Waals surface area contributed by atoms with Crippen LogP contribution in [0, 0.1) is 13.8 Å². The Morgan fingerprint density at radius 3 is 1.92 bits per heavy atom. The van der Waals surface area contributed by atoms with Crippen LogP contribution in [0.2, 0.25) is 0 Å². The minimum atomic E-state index is -6.09. The molecule has 0 aliphatic heterocycles. The van der Waals surface area contributed by atoms with Gasteiger partial charge in [-0.15, -0.1) is 0 Å². The van der Waals surface area contributed by atoms with E-state index < -0.39 is 15.6 Å². The minimum absolute atomic E-state index is 0.139. The molecular weight excluding hydrogens is 373 g/mol. The highest BCUT2D eigenvalue weighted by molar-refractivity contribution is 7.86. The second kappa shape index (κ2) is 7.15. The molecule has 0 N–H and O–H groups in total. The first kappa shape index (κ1) is 19.4. The fourth-order valence-electron chi connectivity index (χ4n) is 2.32. The van der Waals surface area contributed by atoms with Crippen LogP contribution >= 0.6 is 10.5 Å². The Hall–Kier alpha value is -1.90. The lowest BCUT2D eigenvalue weighted by atomic mass is 10.2. The molecule has 8 heteroatoms. The summed E-state index contributed by atoms with van der Waals surface area (Å²) >= 11 is 0. The molecule has 0 saturated heterocycles. The quantitative estimate of drug-likeness (QED) is 0.325. The third kappa shape index (κ3) is 4.20. The van der Waals surface area contributed by atoms with Crippen LogP contribution < -0.4 is 0 Å². The average Bonchev–Trinajstić information content (AvgIpc) is 2.79. The minimum Gasteiger partial charge on any atom is -0.741 e. The topological polar surface area (TPSA) is 57.2 Å². The Balaban J connectivity index is 0.000000242. The molecule has 3 aromatic rings. The first-order valence-corrected chi connectivity index (χ1v) is 9.75. The van der Waals surface area contributed by atoms with E-state index in [1.807, 2.05) is 0 Å². The first-order chi connectivity index (χ1) is 11.5. The van der Waals surface area contributed by atoms with Gasteiger partial charge in [-0.3, -0.25) is 0 Å². The molecule has 1 heterocycles. The van der Waals surface area contributed by atoms with Gasteiger partial charge in [-0.2, -0.15) is 13.2 Å². The molecule has 0 radical (unpaired) electrons. The normalized spacial score (nSPS) is 12.6. The van der Waals surface area contributed by atoms with Crippen molar-refractivity contribution < 1.29 is 26.1 Å². The van der Waals surface area contributed by atoms with Gasteiger partial charge in [0.2, 0.25) is 0 Å². The number of thiophene rings is 1. The van der Waals surface area contributed by atoms with Gasteiger partial charge >= 0.3 is 5.51 Å². The maximum Gasteiger partial charge on any atom is 0.485 e. The third-order valence-corrected chi connectivity index (χ3v) is 6.63. The molecule has 2 aromatic carbocycles. The van der Waals surface area contributed by atoms with Gasteiger partial charge in [0.25, 0.3) is 0 Å². The van der Waals surface area contributed by atoms with Crippen LogP contribution in [-0.2, 0) is 10.1 Å². The predicted octanol–water partition coefficient (Wildman–Crippen LogP) is 5.25. The van der Waals surface area contributed by atoms with E-state index in [0.29, 0.717) is 0 Å². The molecule has 1 aromatic heterocycles. The average molecular weight is 388 g/mol. The van der Waals surface area contributed by atoms with Gasteiger partial charge in [0.05, 0.1) is 0 Å². The van der Waals surface area contributed by atoms with E-state index in [4.69, 9.17) is 13.0 Å². The van der Waals surface area contributed by atoms with E-state index in [1.54, 1.807) is 0 Å². The van der Waals surface area contributed by atoms with Crippen LogP contribution in [0.1, 0.15) is 10.4 Å². The van der Waals surface area contributed by atoms with E-state index in [2.05, 4.69) is 68.4 Å². The smallest absolute Gasteiger partial charge is 0.485 e. The number of benzene rings is 2. The van der Waals surface area contributed by atoms with Gasteiger partial charge in [0.1, 0.15) is 0 Å². The summed E-state index contributed by atoms with van der Waals surface area (Å²) in [5.41, 5.74) is -4.19. The monoisotopic (exact) mass is 388 g/mol. The van der Waals surface area contributed by atoms with Crippen molar-refractivity contribution in [2.45, 2.75) is 19.4 Å². The van der Waals surface area contributed by atoms with Crippen molar-refractivity contribution in [3.05, 3.63) is 65.0 Å². The van der Waals surface area contributed by atoms with Gasteiger partial charge in [-0.05, 0) is 31.2 Å². The summed E-state index contributed by atoms with van der Waals surface area (Å²) in [5.74, 6) is 0. The lowest BCUT2D eigenvalue weighted by Gasteiger charge is -2.08. The predicted molar refractivity (Wildman–Crippen MR) is 93.0 cm³/mol. The van der Waals surface area contributed by atoms with Crippen LogP contribution in [0.15, 0.2) is 54.6 Å². The molecule has 3 rings (SSSR count). The Kier molecular flexibility index (Phi) is 5.55. The number of hydrogen-bond donors (Lipinski definition) is 0. The van der Waals surface area contributed by atoms with E-state index in [0.717, 1.165) is 0 Å². The lowest BCUT2D eigenvalue weighted by Crippen LogP contribution is -2.21. The summed E-state index contributed by atoms with van der Waals surface area (Å²) in [5, 5.41) is 1.43. The molecule has 0 saturated carbocycles. The maximum absolute atomic E-state index is 10.7. The zero-order chi connectivity index (χ0) is 18.8. The largest absolute Gasteiger partial charge is 0.741 e. The van der Waals surface area contributed by atoms with E-state index in [9.17, 15) is 13.2 Å². The summed E-state index contributed by atoms with van der Waals surface area (Å²) < 4.78 is 60.4. The molecule has 0 bridgehead atoms. The van der Waals surface area contributed by atoms with E-state index in [1.165, 1.54) is 25.4 Å². The van der Waals surface area contributed by atoms with Gasteiger partial charge in [-0.25, -0.2) is 8.42 Å². The van der Waals surface area contributed by atoms with Crippen molar-refractivity contribution in [3.8, 4) is 4.90 Å². The zero-order valence-electron chi connectivity index (χ0n) is 13.4. The molecule has 1 atom stereocenters. The highest BCUT2D eigenvalue weighted by Gasteiger charge is 2.36. The number of aryl methyl sites for hydroxylation is 1. The highest BCUT2D eigenvalue weighted by atomic mass is 32.2. The standard InChI is InChI=1S/C16H15S.CHF3O3S/c1-12-13(2)17(14-8-4-3-5-9-14)16-11-7-6-10-15(12)16;2-1(3,4)8(5,6)7/h3-11H,1-2H3;(H,5,6,7)/q+1;/p-1. The van der Waals surface area contributed by atoms with Crippen molar-refractivity contribution in [1.29, 1.82) is 0 Å². The number of halogens is 3. The van der Waals surface area contributed by atoms with Crippen LogP contribution in [0.5, 0.6) is 0 Å². The molecule has 25 heavy (non-hydrogen) atoms. The number of hydrogen-bond acceptors (Lipinski definition) is 3. The maximum atomic E-state index is 10.7. The fourth-order valence-corrected chi connectivity index (χ4v) is 4.76. The van der Waals surface area contributed by atoms with E-state index in [-0.39, 0.29) is 10.5 Å². The summed E-state index contributed by atoms with van der Waals surface area (Å²) in [6, 6.07) is 19.6. The number of fused-ring (bicyclic) bond motifs is 1. The van der Waals surface area contributed by atoms with Crippen molar-refractivity contribution in [2.24, 2.45) is 0 Å². The van der Waals surface area contributed by atoms with Crippen molar-refractivity contribution >= 4 is 30.7 Å². The summed E-state index contributed by atoms with van der Waals surface area (Å²) in [7, 11) is -5.95. The molecule has 0 spiro atoms. The van der Waals surface area contributed by atoms with Gasteiger partial charge in [-0.1, -0.05) is 30.3 Å². The first-order valence-electron chi connectivity index (χ1n) is 7.12. The van der Waals surface area contributed by atoms with Gasteiger partial charge in [0.15, 0.2) is 24.6 Å².